The lowest BCUT2D eigenvalue weighted by molar-refractivity contribution is -0.125. The van der Waals surface area contributed by atoms with Gasteiger partial charge in [-0.25, -0.2) is 0 Å². The number of carbonyl (C=O) groups is 1. The van der Waals surface area contributed by atoms with E-state index in [0.29, 0.717) is 28.6 Å². The van der Waals surface area contributed by atoms with Crippen molar-refractivity contribution in [3.05, 3.63) is 58.6 Å². The molecule has 0 atom stereocenters. The van der Waals surface area contributed by atoms with Crippen molar-refractivity contribution >= 4 is 23.7 Å². The summed E-state index contributed by atoms with van der Waals surface area (Å²) in [4.78, 5) is 16.8. The Kier molecular flexibility index (Phi) is 7.10. The molecule has 0 spiro atoms. The zero-order valence-electron chi connectivity index (χ0n) is 14.0. The van der Waals surface area contributed by atoms with Crippen molar-refractivity contribution < 1.29 is 19.1 Å². The van der Waals surface area contributed by atoms with Gasteiger partial charge in [-0.3, -0.25) is 4.79 Å². The van der Waals surface area contributed by atoms with E-state index in [2.05, 4.69) is 10.5 Å². The molecule has 0 heterocycles. The lowest BCUT2D eigenvalue weighted by atomic mass is 10.2. The van der Waals surface area contributed by atoms with Gasteiger partial charge in [0.05, 0.1) is 20.4 Å². The molecule has 0 fully saturated rings. The first kappa shape index (κ1) is 18.6. The summed E-state index contributed by atoms with van der Waals surface area (Å²) in [6.45, 7) is 0.180. The van der Waals surface area contributed by atoms with Crippen molar-refractivity contribution in [2.45, 2.75) is 6.54 Å². The molecule has 25 heavy (non-hydrogen) atoms. The second kappa shape index (κ2) is 9.54. The average Bonchev–Trinajstić information content (AvgIpc) is 2.63. The smallest absolute Gasteiger partial charge is 0.261 e. The molecule has 0 aliphatic carbocycles. The monoisotopic (exact) mass is 362 g/mol. The molecule has 0 aromatic heterocycles. The van der Waals surface area contributed by atoms with E-state index in [-0.39, 0.29) is 12.5 Å². The number of amides is 1. The number of ether oxygens (including phenoxy) is 2. The zero-order chi connectivity index (χ0) is 18.1. The van der Waals surface area contributed by atoms with Crippen LogP contribution in [0.3, 0.4) is 0 Å². The number of rotatable bonds is 8. The highest BCUT2D eigenvalue weighted by Crippen LogP contribution is 2.29. The number of methoxy groups -OCH3 is 2. The summed E-state index contributed by atoms with van der Waals surface area (Å²) in [5, 5.41) is 7.14. The first-order valence-electron chi connectivity index (χ1n) is 7.51. The third-order valence-electron chi connectivity index (χ3n) is 3.27. The number of hydrogen-bond acceptors (Lipinski definition) is 5. The molecule has 2 aromatic rings. The second-order valence-corrected chi connectivity index (χ2v) is 5.43. The van der Waals surface area contributed by atoms with Gasteiger partial charge in [-0.2, -0.15) is 0 Å². The van der Waals surface area contributed by atoms with Crippen LogP contribution in [0.5, 0.6) is 11.5 Å². The highest BCUT2D eigenvalue weighted by molar-refractivity contribution is 6.30. The molecule has 7 heteroatoms. The van der Waals surface area contributed by atoms with Gasteiger partial charge in [0.2, 0.25) is 0 Å². The number of nitrogens with one attached hydrogen (secondary N) is 1. The van der Waals surface area contributed by atoms with Gasteiger partial charge in [-0.05, 0) is 29.8 Å². The van der Waals surface area contributed by atoms with Crippen molar-refractivity contribution in [2.75, 3.05) is 20.8 Å². The molecule has 0 bridgehead atoms. The lowest BCUT2D eigenvalue weighted by Crippen LogP contribution is -2.26. The van der Waals surface area contributed by atoms with E-state index in [0.717, 1.165) is 5.56 Å². The van der Waals surface area contributed by atoms with E-state index in [1.54, 1.807) is 44.6 Å². The second-order valence-electron chi connectivity index (χ2n) is 5.00. The Balaban J connectivity index is 1.82. The van der Waals surface area contributed by atoms with E-state index in [4.69, 9.17) is 25.9 Å². The summed E-state index contributed by atoms with van der Waals surface area (Å²) in [6, 6.07) is 12.6. The van der Waals surface area contributed by atoms with Crippen LogP contribution in [0, 0.1) is 0 Å². The Morgan fingerprint density at radius 2 is 2.00 bits per heavy atom. The third-order valence-corrected chi connectivity index (χ3v) is 3.51. The Morgan fingerprint density at radius 3 is 2.72 bits per heavy atom. The van der Waals surface area contributed by atoms with E-state index in [1.807, 2.05) is 12.1 Å². The minimum Gasteiger partial charge on any atom is -0.493 e. The van der Waals surface area contributed by atoms with Gasteiger partial charge in [0.1, 0.15) is 0 Å². The van der Waals surface area contributed by atoms with Crippen LogP contribution >= 0.6 is 11.6 Å². The molecule has 1 N–H and O–H groups in total. The maximum Gasteiger partial charge on any atom is 0.261 e. The lowest BCUT2D eigenvalue weighted by Gasteiger charge is -2.09. The summed E-state index contributed by atoms with van der Waals surface area (Å²) in [6.07, 6.45) is 1.46. The quantitative estimate of drug-likeness (QED) is 0.579. The van der Waals surface area contributed by atoms with Gasteiger partial charge in [-0.15, -0.1) is 0 Å². The third kappa shape index (κ3) is 5.69. The number of hydrogen-bond donors (Lipinski definition) is 1. The topological polar surface area (TPSA) is 69.2 Å². The van der Waals surface area contributed by atoms with Crippen molar-refractivity contribution in [3.63, 3.8) is 0 Å². The first-order chi connectivity index (χ1) is 12.1. The summed E-state index contributed by atoms with van der Waals surface area (Å²) < 4.78 is 10.5. The summed E-state index contributed by atoms with van der Waals surface area (Å²) in [5.74, 6) is 0.850. The van der Waals surface area contributed by atoms with Gasteiger partial charge in [0.15, 0.2) is 18.1 Å². The Hall–Kier alpha value is -2.73. The molecule has 2 rings (SSSR count). The van der Waals surface area contributed by atoms with E-state index in [9.17, 15) is 4.79 Å². The number of carbonyl (C=O) groups excluding carboxylic acids is 1. The standard InChI is InChI=1S/C18H19ClN2O4/c1-23-16-8-4-6-14(18(16)24-2)11-21-25-12-17(22)20-10-13-5-3-7-15(19)9-13/h3-9,11H,10,12H2,1-2H3,(H,20,22)/b21-11-. The van der Waals surface area contributed by atoms with Crippen molar-refractivity contribution in [3.8, 4) is 11.5 Å². The van der Waals surface area contributed by atoms with Crippen LogP contribution in [0.1, 0.15) is 11.1 Å². The fourth-order valence-corrected chi connectivity index (χ4v) is 2.32. The van der Waals surface area contributed by atoms with Crippen LogP contribution in [0.15, 0.2) is 47.6 Å². The molecule has 6 nitrogen and oxygen atoms in total. The zero-order valence-corrected chi connectivity index (χ0v) is 14.7. The average molecular weight is 363 g/mol. The summed E-state index contributed by atoms with van der Waals surface area (Å²) in [5.41, 5.74) is 1.59. The SMILES string of the molecule is COc1cccc(/C=N\OCC(=O)NCc2cccc(Cl)c2)c1OC. The fraction of sp³-hybridized carbons (Fsp3) is 0.222. The van der Waals surface area contributed by atoms with Gasteiger partial charge < -0.3 is 19.6 Å². The number of halogens is 1. The number of benzene rings is 2. The van der Waals surface area contributed by atoms with Gasteiger partial charge >= 0.3 is 0 Å². The van der Waals surface area contributed by atoms with Crippen LogP contribution in [0.4, 0.5) is 0 Å². The highest BCUT2D eigenvalue weighted by Gasteiger charge is 2.07. The maximum absolute atomic E-state index is 11.7. The van der Waals surface area contributed by atoms with Crippen molar-refractivity contribution in [1.29, 1.82) is 0 Å². The molecular weight excluding hydrogens is 344 g/mol. The molecular formula is C18H19ClN2O4. The molecule has 0 aliphatic rings. The van der Waals surface area contributed by atoms with Gasteiger partial charge in [-0.1, -0.05) is 35.0 Å². The van der Waals surface area contributed by atoms with Crippen LogP contribution in [0.25, 0.3) is 0 Å². The highest BCUT2D eigenvalue weighted by atomic mass is 35.5. The number of oxime groups is 1. The van der Waals surface area contributed by atoms with Crippen molar-refractivity contribution in [2.24, 2.45) is 5.16 Å². The van der Waals surface area contributed by atoms with Crippen LogP contribution in [0.2, 0.25) is 5.02 Å². The van der Waals surface area contributed by atoms with Crippen LogP contribution < -0.4 is 14.8 Å². The van der Waals surface area contributed by atoms with E-state index < -0.39 is 0 Å². The predicted octanol–water partition coefficient (Wildman–Crippen LogP) is 3.02. The fourth-order valence-electron chi connectivity index (χ4n) is 2.10. The molecule has 2 aromatic carbocycles. The first-order valence-corrected chi connectivity index (χ1v) is 7.89. The molecule has 0 aliphatic heterocycles. The predicted molar refractivity (Wildman–Crippen MR) is 96.4 cm³/mol. The Bertz CT molecular complexity index is 750. The van der Waals surface area contributed by atoms with E-state index in [1.165, 1.54) is 6.21 Å². The molecule has 0 unspecified atom stereocenters. The molecule has 0 radical (unpaired) electrons. The minimum absolute atomic E-state index is 0.191. The van der Waals surface area contributed by atoms with Crippen LogP contribution in [-0.2, 0) is 16.2 Å². The van der Waals surface area contributed by atoms with Crippen LogP contribution in [-0.4, -0.2) is 32.9 Å². The molecule has 1 amide bonds. The summed E-state index contributed by atoms with van der Waals surface area (Å²) in [7, 11) is 3.10. The van der Waals surface area contributed by atoms with Crippen molar-refractivity contribution in [1.82, 2.24) is 5.32 Å². The summed E-state index contributed by atoms with van der Waals surface area (Å²) >= 11 is 5.89. The molecule has 0 saturated carbocycles. The largest absolute Gasteiger partial charge is 0.493 e. The number of para-hydroxylation sites is 1. The number of nitrogens with zero attached hydrogens (tertiary/aromatic N) is 1. The minimum atomic E-state index is -0.283. The Morgan fingerprint density at radius 1 is 1.20 bits per heavy atom. The maximum atomic E-state index is 11.7. The molecule has 0 saturated heterocycles. The van der Waals surface area contributed by atoms with Gasteiger partial charge in [0, 0.05) is 17.1 Å². The van der Waals surface area contributed by atoms with Gasteiger partial charge in [0.25, 0.3) is 5.91 Å². The molecule has 132 valence electrons. The normalized spacial score (nSPS) is 10.5. The Labute approximate surface area is 151 Å². The van der Waals surface area contributed by atoms with E-state index >= 15 is 0 Å².